The molecule has 0 radical (unpaired) electrons. The van der Waals surface area contributed by atoms with Crippen LogP contribution in [0.4, 0.5) is 0 Å². The van der Waals surface area contributed by atoms with Crippen LogP contribution in [0.3, 0.4) is 0 Å². The number of nitrogens with zero attached hydrogens (tertiary/aromatic N) is 3. The molecule has 0 saturated heterocycles. The normalized spacial score (nSPS) is 13.5. The highest BCUT2D eigenvalue weighted by atomic mass is 16.5. The molecule has 3 aromatic rings. The SMILES string of the molecule is COc1ccccc1CCC(=O)N1CCc2nc(-c3cn[nH]c3)[nH]c2C1. The minimum absolute atomic E-state index is 0.154. The lowest BCUT2D eigenvalue weighted by atomic mass is 10.1. The van der Waals surface area contributed by atoms with Gasteiger partial charge in [0, 0.05) is 25.6 Å². The maximum Gasteiger partial charge on any atom is 0.223 e. The molecule has 0 unspecified atom stereocenters. The van der Waals surface area contributed by atoms with Crippen LogP contribution in [0, 0.1) is 0 Å². The minimum atomic E-state index is 0.154. The van der Waals surface area contributed by atoms with Crippen molar-refractivity contribution in [1.29, 1.82) is 0 Å². The molecule has 7 nitrogen and oxygen atoms in total. The van der Waals surface area contributed by atoms with Gasteiger partial charge in [0.25, 0.3) is 0 Å². The smallest absolute Gasteiger partial charge is 0.223 e. The number of amides is 1. The number of aryl methyl sites for hydroxylation is 1. The zero-order valence-corrected chi connectivity index (χ0v) is 14.7. The topological polar surface area (TPSA) is 86.9 Å². The maximum atomic E-state index is 12.7. The fourth-order valence-corrected chi connectivity index (χ4v) is 3.33. The van der Waals surface area contributed by atoms with Crippen molar-refractivity contribution in [2.75, 3.05) is 13.7 Å². The standard InChI is InChI=1S/C19H21N5O2/c1-26-17-5-3-2-4-13(17)6-7-18(25)24-9-8-15-16(12-24)23-19(22-15)14-10-20-21-11-14/h2-5,10-11H,6-9,12H2,1H3,(H,20,21)(H,22,23). The Morgan fingerprint density at radius 3 is 3.04 bits per heavy atom. The molecule has 0 bridgehead atoms. The zero-order valence-electron chi connectivity index (χ0n) is 14.7. The van der Waals surface area contributed by atoms with E-state index in [1.54, 1.807) is 19.5 Å². The van der Waals surface area contributed by atoms with Gasteiger partial charge in [-0.15, -0.1) is 0 Å². The number of carbonyl (C=O) groups is 1. The van der Waals surface area contributed by atoms with Gasteiger partial charge in [0.1, 0.15) is 11.6 Å². The summed E-state index contributed by atoms with van der Waals surface area (Å²) in [6.45, 7) is 1.28. The lowest BCUT2D eigenvalue weighted by Gasteiger charge is -2.26. The summed E-state index contributed by atoms with van der Waals surface area (Å²) in [6.07, 6.45) is 5.46. The van der Waals surface area contributed by atoms with Gasteiger partial charge >= 0.3 is 0 Å². The van der Waals surface area contributed by atoms with E-state index >= 15 is 0 Å². The number of benzene rings is 1. The van der Waals surface area contributed by atoms with E-state index in [1.165, 1.54) is 0 Å². The first-order valence-electron chi connectivity index (χ1n) is 8.71. The molecule has 7 heteroatoms. The van der Waals surface area contributed by atoms with Gasteiger partial charge in [-0.05, 0) is 18.1 Å². The average molecular weight is 351 g/mol. The summed E-state index contributed by atoms with van der Waals surface area (Å²) in [6, 6.07) is 7.84. The summed E-state index contributed by atoms with van der Waals surface area (Å²) in [7, 11) is 1.66. The van der Waals surface area contributed by atoms with Crippen LogP contribution in [0.15, 0.2) is 36.7 Å². The summed E-state index contributed by atoms with van der Waals surface area (Å²) in [5, 5.41) is 6.75. The molecule has 0 aliphatic carbocycles. The van der Waals surface area contributed by atoms with Gasteiger partial charge in [0.2, 0.25) is 5.91 Å². The second kappa shape index (κ2) is 7.03. The average Bonchev–Trinajstić information content (AvgIpc) is 3.34. The van der Waals surface area contributed by atoms with E-state index in [0.717, 1.165) is 40.5 Å². The number of nitrogens with one attached hydrogen (secondary N) is 2. The van der Waals surface area contributed by atoms with Crippen LogP contribution < -0.4 is 4.74 Å². The van der Waals surface area contributed by atoms with Crippen molar-refractivity contribution < 1.29 is 9.53 Å². The zero-order chi connectivity index (χ0) is 17.9. The third-order valence-corrected chi connectivity index (χ3v) is 4.76. The number of hydrogen-bond acceptors (Lipinski definition) is 4. The highest BCUT2D eigenvalue weighted by Gasteiger charge is 2.24. The summed E-state index contributed by atoms with van der Waals surface area (Å²) in [5.74, 6) is 1.78. The number of ether oxygens (including phenoxy) is 1. The Balaban J connectivity index is 1.41. The third kappa shape index (κ3) is 3.20. The van der Waals surface area contributed by atoms with E-state index in [0.29, 0.717) is 25.9 Å². The number of methoxy groups -OCH3 is 1. The summed E-state index contributed by atoms with van der Waals surface area (Å²) < 4.78 is 5.36. The molecular weight excluding hydrogens is 330 g/mol. The van der Waals surface area contributed by atoms with E-state index < -0.39 is 0 Å². The number of hydrogen-bond donors (Lipinski definition) is 2. The number of fused-ring (bicyclic) bond motifs is 1. The first-order chi connectivity index (χ1) is 12.7. The molecule has 3 heterocycles. The molecular formula is C19H21N5O2. The van der Waals surface area contributed by atoms with Crippen LogP contribution in [-0.4, -0.2) is 44.6 Å². The molecule has 0 saturated carbocycles. The van der Waals surface area contributed by atoms with E-state index in [4.69, 9.17) is 4.74 Å². The van der Waals surface area contributed by atoms with E-state index in [2.05, 4.69) is 20.2 Å². The molecule has 134 valence electrons. The molecule has 2 N–H and O–H groups in total. The Morgan fingerprint density at radius 1 is 1.35 bits per heavy atom. The number of carbonyl (C=O) groups excluding carboxylic acids is 1. The second-order valence-electron chi connectivity index (χ2n) is 6.37. The van der Waals surface area contributed by atoms with Crippen molar-refractivity contribution in [3.63, 3.8) is 0 Å². The first-order valence-corrected chi connectivity index (χ1v) is 8.71. The molecule has 1 amide bonds. The Kier molecular flexibility index (Phi) is 4.43. The van der Waals surface area contributed by atoms with Gasteiger partial charge in [0.05, 0.1) is 36.8 Å². The van der Waals surface area contributed by atoms with Crippen molar-refractivity contribution in [3.8, 4) is 17.1 Å². The quantitative estimate of drug-likeness (QED) is 0.738. The van der Waals surface area contributed by atoms with Crippen LogP contribution in [0.25, 0.3) is 11.4 Å². The molecule has 0 atom stereocenters. The van der Waals surface area contributed by atoms with Crippen LogP contribution in [0.5, 0.6) is 5.75 Å². The largest absolute Gasteiger partial charge is 0.496 e. The Bertz CT molecular complexity index is 901. The molecule has 1 aromatic carbocycles. The Morgan fingerprint density at radius 2 is 2.23 bits per heavy atom. The fourth-order valence-electron chi connectivity index (χ4n) is 3.33. The van der Waals surface area contributed by atoms with Crippen LogP contribution in [0.1, 0.15) is 23.4 Å². The van der Waals surface area contributed by atoms with Gasteiger partial charge in [-0.2, -0.15) is 5.10 Å². The lowest BCUT2D eigenvalue weighted by Crippen LogP contribution is -2.36. The van der Waals surface area contributed by atoms with Crippen LogP contribution >= 0.6 is 0 Å². The molecule has 0 spiro atoms. The monoisotopic (exact) mass is 351 g/mol. The number of H-pyrrole nitrogens is 2. The molecule has 1 aliphatic heterocycles. The molecule has 4 rings (SSSR count). The summed E-state index contributed by atoms with van der Waals surface area (Å²) in [4.78, 5) is 22.5. The number of rotatable bonds is 5. The highest BCUT2D eigenvalue weighted by molar-refractivity contribution is 5.77. The number of aromatic amines is 2. The van der Waals surface area contributed by atoms with Crippen molar-refractivity contribution >= 4 is 5.91 Å². The van der Waals surface area contributed by atoms with Gasteiger partial charge in [-0.25, -0.2) is 4.98 Å². The molecule has 0 fully saturated rings. The Hall–Kier alpha value is -3.09. The van der Waals surface area contributed by atoms with Crippen LogP contribution in [0.2, 0.25) is 0 Å². The fraction of sp³-hybridized carbons (Fsp3) is 0.316. The number of aromatic nitrogens is 4. The van der Waals surface area contributed by atoms with E-state index in [1.807, 2.05) is 29.2 Å². The van der Waals surface area contributed by atoms with Crippen molar-refractivity contribution in [2.24, 2.45) is 0 Å². The predicted octanol–water partition coefficient (Wildman–Crippen LogP) is 2.33. The van der Waals surface area contributed by atoms with Crippen molar-refractivity contribution in [2.45, 2.75) is 25.8 Å². The minimum Gasteiger partial charge on any atom is -0.496 e. The summed E-state index contributed by atoms with van der Waals surface area (Å²) >= 11 is 0. The van der Waals surface area contributed by atoms with Gasteiger partial charge in [-0.1, -0.05) is 18.2 Å². The van der Waals surface area contributed by atoms with Gasteiger partial charge < -0.3 is 14.6 Å². The predicted molar refractivity (Wildman–Crippen MR) is 96.6 cm³/mol. The first kappa shape index (κ1) is 16.4. The van der Waals surface area contributed by atoms with Crippen LogP contribution in [-0.2, 0) is 24.2 Å². The van der Waals surface area contributed by atoms with Crippen molar-refractivity contribution in [1.82, 2.24) is 25.1 Å². The molecule has 2 aromatic heterocycles. The third-order valence-electron chi connectivity index (χ3n) is 4.76. The van der Waals surface area contributed by atoms with Gasteiger partial charge in [-0.3, -0.25) is 9.89 Å². The molecule has 1 aliphatic rings. The van der Waals surface area contributed by atoms with Gasteiger partial charge in [0.15, 0.2) is 0 Å². The number of para-hydroxylation sites is 1. The second-order valence-corrected chi connectivity index (χ2v) is 6.37. The highest BCUT2D eigenvalue weighted by Crippen LogP contribution is 2.23. The maximum absolute atomic E-state index is 12.7. The lowest BCUT2D eigenvalue weighted by molar-refractivity contribution is -0.132. The Labute approximate surface area is 151 Å². The van der Waals surface area contributed by atoms with E-state index in [9.17, 15) is 4.79 Å². The van der Waals surface area contributed by atoms with E-state index in [-0.39, 0.29) is 5.91 Å². The van der Waals surface area contributed by atoms with Crippen molar-refractivity contribution in [3.05, 3.63) is 53.6 Å². The summed E-state index contributed by atoms with van der Waals surface area (Å²) in [5.41, 5.74) is 4.03. The molecule has 26 heavy (non-hydrogen) atoms. The number of imidazole rings is 1.